The fourth-order valence-corrected chi connectivity index (χ4v) is 2.07. The van der Waals surface area contributed by atoms with Crippen molar-refractivity contribution in [1.82, 2.24) is 4.57 Å². The van der Waals surface area contributed by atoms with Gasteiger partial charge in [-0.3, -0.25) is 9.36 Å². The Morgan fingerprint density at radius 2 is 1.95 bits per heavy atom. The summed E-state index contributed by atoms with van der Waals surface area (Å²) in [4.78, 5) is 23.9. The summed E-state index contributed by atoms with van der Waals surface area (Å²) in [6, 6.07) is 9.93. The van der Waals surface area contributed by atoms with Crippen molar-refractivity contribution in [3.63, 3.8) is 0 Å². The number of rotatable bonds is 3. The Morgan fingerprint density at radius 3 is 2.55 bits per heavy atom. The van der Waals surface area contributed by atoms with E-state index in [1.54, 1.807) is 38.1 Å². The van der Waals surface area contributed by atoms with Crippen LogP contribution in [0, 0.1) is 6.92 Å². The number of hydrogen-bond donors (Lipinski definition) is 1. The number of esters is 1. The van der Waals surface area contributed by atoms with E-state index in [2.05, 4.69) is 0 Å². The number of ether oxygens (including phenoxy) is 1. The van der Waals surface area contributed by atoms with Gasteiger partial charge in [0, 0.05) is 17.4 Å². The number of benzene rings is 1. The number of pyridine rings is 1. The summed E-state index contributed by atoms with van der Waals surface area (Å²) >= 11 is 0. The molecule has 0 radical (unpaired) electrons. The van der Waals surface area contributed by atoms with Crippen molar-refractivity contribution in [2.45, 2.75) is 13.8 Å². The van der Waals surface area contributed by atoms with E-state index < -0.39 is 11.5 Å². The predicted molar refractivity (Wildman–Crippen MR) is 74.4 cm³/mol. The topological polar surface area (TPSA) is 68.5 Å². The molecular weight excluding hydrogens is 258 g/mol. The monoisotopic (exact) mass is 273 g/mol. The lowest BCUT2D eigenvalue weighted by Crippen LogP contribution is -2.23. The molecule has 1 aromatic heterocycles. The van der Waals surface area contributed by atoms with Gasteiger partial charge in [0.25, 0.3) is 5.56 Å². The molecule has 0 atom stereocenters. The first-order valence-corrected chi connectivity index (χ1v) is 6.24. The summed E-state index contributed by atoms with van der Waals surface area (Å²) in [7, 11) is 0. The largest absolute Gasteiger partial charge is 0.507 e. The fraction of sp³-hybridized carbons (Fsp3) is 0.200. The van der Waals surface area contributed by atoms with Crippen molar-refractivity contribution in [2.24, 2.45) is 0 Å². The average Bonchev–Trinajstić information content (AvgIpc) is 2.39. The van der Waals surface area contributed by atoms with Crippen LogP contribution in [0.3, 0.4) is 0 Å². The van der Waals surface area contributed by atoms with Crippen molar-refractivity contribution in [3.05, 3.63) is 58.0 Å². The second-order valence-electron chi connectivity index (χ2n) is 4.22. The lowest BCUT2D eigenvalue weighted by atomic mass is 10.1. The van der Waals surface area contributed by atoms with Gasteiger partial charge in [-0.2, -0.15) is 0 Å². The normalized spacial score (nSPS) is 10.3. The Bertz CT molecular complexity index is 689. The minimum Gasteiger partial charge on any atom is -0.507 e. The molecule has 0 aliphatic rings. The van der Waals surface area contributed by atoms with Crippen LogP contribution in [0.15, 0.2) is 41.2 Å². The Hall–Kier alpha value is -2.56. The molecule has 0 aliphatic heterocycles. The molecule has 1 heterocycles. The maximum atomic E-state index is 12.0. The van der Waals surface area contributed by atoms with E-state index in [1.807, 2.05) is 6.07 Å². The molecule has 2 aromatic rings. The van der Waals surface area contributed by atoms with Crippen LogP contribution in [-0.2, 0) is 4.74 Å². The molecular formula is C15H15NO4. The molecule has 0 bridgehead atoms. The van der Waals surface area contributed by atoms with E-state index in [4.69, 9.17) is 4.74 Å². The van der Waals surface area contributed by atoms with Crippen LogP contribution in [0.5, 0.6) is 5.75 Å². The highest BCUT2D eigenvalue weighted by Crippen LogP contribution is 2.21. The molecule has 5 nitrogen and oxygen atoms in total. The Balaban J connectivity index is 2.68. The maximum absolute atomic E-state index is 12.0. The second-order valence-corrected chi connectivity index (χ2v) is 4.22. The summed E-state index contributed by atoms with van der Waals surface area (Å²) in [6.45, 7) is 3.47. The number of aromatic hydroxyl groups is 1. The van der Waals surface area contributed by atoms with Crippen LogP contribution in [0.25, 0.3) is 5.69 Å². The molecule has 0 saturated heterocycles. The number of hydrogen-bond acceptors (Lipinski definition) is 4. The van der Waals surface area contributed by atoms with Crippen molar-refractivity contribution in [1.29, 1.82) is 0 Å². The van der Waals surface area contributed by atoms with E-state index in [0.717, 1.165) is 6.07 Å². The van der Waals surface area contributed by atoms with Crippen molar-refractivity contribution in [3.8, 4) is 11.4 Å². The van der Waals surface area contributed by atoms with Gasteiger partial charge in [-0.25, -0.2) is 4.79 Å². The van der Waals surface area contributed by atoms with Gasteiger partial charge in [-0.1, -0.05) is 18.2 Å². The molecule has 2 rings (SSSR count). The third-order valence-electron chi connectivity index (χ3n) is 2.93. The van der Waals surface area contributed by atoms with E-state index >= 15 is 0 Å². The van der Waals surface area contributed by atoms with Crippen molar-refractivity contribution in [2.75, 3.05) is 6.61 Å². The number of carbonyl (C=O) groups is 1. The molecule has 104 valence electrons. The van der Waals surface area contributed by atoms with Crippen LogP contribution in [0.4, 0.5) is 0 Å². The zero-order valence-electron chi connectivity index (χ0n) is 11.3. The molecule has 0 unspecified atom stereocenters. The fourth-order valence-electron chi connectivity index (χ4n) is 2.07. The van der Waals surface area contributed by atoms with Crippen molar-refractivity contribution >= 4 is 5.97 Å². The molecule has 0 saturated carbocycles. The number of aromatic nitrogens is 1. The minimum absolute atomic E-state index is 0.00954. The molecule has 20 heavy (non-hydrogen) atoms. The number of para-hydroxylation sites is 1. The van der Waals surface area contributed by atoms with Gasteiger partial charge in [-0.05, 0) is 26.0 Å². The first-order chi connectivity index (χ1) is 9.56. The van der Waals surface area contributed by atoms with Crippen molar-refractivity contribution < 1.29 is 14.6 Å². The lowest BCUT2D eigenvalue weighted by molar-refractivity contribution is 0.0521. The smallest absolute Gasteiger partial charge is 0.343 e. The summed E-state index contributed by atoms with van der Waals surface area (Å²) < 4.78 is 6.27. The molecule has 5 heteroatoms. The summed E-state index contributed by atoms with van der Waals surface area (Å²) in [5.41, 5.74) is 0.578. The summed E-state index contributed by atoms with van der Waals surface area (Å²) in [6.07, 6.45) is 0. The molecule has 0 fully saturated rings. The van der Waals surface area contributed by atoms with Gasteiger partial charge in [0.15, 0.2) is 0 Å². The quantitative estimate of drug-likeness (QED) is 0.869. The lowest BCUT2D eigenvalue weighted by Gasteiger charge is -2.14. The van der Waals surface area contributed by atoms with Gasteiger partial charge in [0.2, 0.25) is 0 Å². The van der Waals surface area contributed by atoms with Crippen LogP contribution in [0.2, 0.25) is 0 Å². The van der Waals surface area contributed by atoms with Crippen LogP contribution >= 0.6 is 0 Å². The first-order valence-electron chi connectivity index (χ1n) is 6.24. The molecule has 0 spiro atoms. The first kappa shape index (κ1) is 13.9. The molecule has 0 aliphatic carbocycles. The second kappa shape index (κ2) is 5.61. The maximum Gasteiger partial charge on any atom is 0.343 e. The van der Waals surface area contributed by atoms with Gasteiger partial charge in [-0.15, -0.1) is 0 Å². The standard InChI is InChI=1S/C15H15NO4/c1-3-20-15(19)14-10(2)16(13(18)9-12(14)17)11-7-5-4-6-8-11/h4-9,17H,3H2,1-2H3. The molecule has 0 amide bonds. The number of nitrogens with zero attached hydrogens (tertiary/aromatic N) is 1. The average molecular weight is 273 g/mol. The summed E-state index contributed by atoms with van der Waals surface area (Å²) in [5.74, 6) is -1.01. The highest BCUT2D eigenvalue weighted by atomic mass is 16.5. The van der Waals surface area contributed by atoms with Gasteiger partial charge < -0.3 is 9.84 Å². The molecule has 1 aromatic carbocycles. The zero-order valence-corrected chi connectivity index (χ0v) is 11.3. The van der Waals surface area contributed by atoms with Crippen LogP contribution < -0.4 is 5.56 Å². The van der Waals surface area contributed by atoms with Gasteiger partial charge in [0.05, 0.1) is 6.61 Å². The third kappa shape index (κ3) is 2.42. The Labute approximate surface area is 116 Å². The Kier molecular flexibility index (Phi) is 3.89. The van der Waals surface area contributed by atoms with Crippen LogP contribution in [0.1, 0.15) is 23.0 Å². The van der Waals surface area contributed by atoms with E-state index in [9.17, 15) is 14.7 Å². The zero-order chi connectivity index (χ0) is 14.7. The van der Waals surface area contributed by atoms with Crippen LogP contribution in [-0.4, -0.2) is 22.2 Å². The third-order valence-corrected chi connectivity index (χ3v) is 2.93. The van der Waals surface area contributed by atoms with E-state index in [-0.39, 0.29) is 17.9 Å². The minimum atomic E-state index is -0.646. The molecule has 1 N–H and O–H groups in total. The SMILES string of the molecule is CCOC(=O)c1c(O)cc(=O)n(-c2ccccc2)c1C. The highest BCUT2D eigenvalue weighted by molar-refractivity contribution is 5.93. The van der Waals surface area contributed by atoms with Gasteiger partial charge >= 0.3 is 5.97 Å². The summed E-state index contributed by atoms with van der Waals surface area (Å²) in [5, 5.41) is 9.83. The highest BCUT2D eigenvalue weighted by Gasteiger charge is 2.20. The van der Waals surface area contributed by atoms with Gasteiger partial charge in [0.1, 0.15) is 11.3 Å². The Morgan fingerprint density at radius 1 is 1.30 bits per heavy atom. The van der Waals surface area contributed by atoms with E-state index in [1.165, 1.54) is 4.57 Å². The predicted octanol–water partition coefficient (Wildman–Crippen LogP) is 2.03. The number of carbonyl (C=O) groups excluding carboxylic acids is 1. The van der Waals surface area contributed by atoms with E-state index in [0.29, 0.717) is 11.4 Å².